The molecule has 2 N–H and O–H groups in total. The van der Waals surface area contributed by atoms with E-state index >= 15 is 0 Å². The molecule has 202 valence electrons. The van der Waals surface area contributed by atoms with Gasteiger partial charge in [0, 0.05) is 26.1 Å². The molecule has 4 heterocycles. The SMILES string of the molecule is C[C@@H]1CNC(=O)CC/C=C\[C@H]2O[C@]34C=CCN(Cc5ccccc5)C(=O)[C@H]3N(CCO)C(=O)[C@@H]4[C@H]2C(=O)O1. The summed E-state index contributed by atoms with van der Waals surface area (Å²) in [6, 6.07) is 8.52. The van der Waals surface area contributed by atoms with Crippen LogP contribution >= 0.6 is 0 Å². The standard InChI is InChI=1S/C28H33N3O7/c1-18-16-29-21(33)11-6-5-10-20-22(27(36)37-18)23-25(34)31(14-15-32)24-26(35)30(13-7-12-28(23,24)38-20)17-19-8-3-2-4-9-19/h2-5,7-10,12,18,20,22-24,32H,6,11,13-17H2,1H3,(H,29,33)/b10-5-/t18-,20-,22+,23+,24-,28+/m1/s1. The molecule has 4 aliphatic rings. The Morgan fingerprint density at radius 2 is 1.89 bits per heavy atom. The molecule has 2 fully saturated rings. The second kappa shape index (κ2) is 10.7. The van der Waals surface area contributed by atoms with Gasteiger partial charge in [-0.2, -0.15) is 0 Å². The highest BCUT2D eigenvalue weighted by molar-refractivity contribution is 5.99. The first-order chi connectivity index (χ1) is 18.4. The molecule has 1 aromatic carbocycles. The Hall–Kier alpha value is -3.50. The third-order valence-electron chi connectivity index (χ3n) is 7.67. The molecule has 0 saturated carbocycles. The smallest absolute Gasteiger partial charge is 0.313 e. The average molecular weight is 524 g/mol. The van der Waals surface area contributed by atoms with Gasteiger partial charge in [0.1, 0.15) is 23.7 Å². The number of amides is 3. The fourth-order valence-electron chi connectivity index (χ4n) is 6.00. The summed E-state index contributed by atoms with van der Waals surface area (Å²) < 4.78 is 12.2. The Morgan fingerprint density at radius 1 is 1.11 bits per heavy atom. The minimum Gasteiger partial charge on any atom is -0.460 e. The van der Waals surface area contributed by atoms with Crippen LogP contribution in [0, 0.1) is 11.8 Å². The minimum absolute atomic E-state index is 0.0609. The van der Waals surface area contributed by atoms with Crippen molar-refractivity contribution in [1.82, 2.24) is 15.1 Å². The second-order valence-electron chi connectivity index (χ2n) is 10.2. The normalized spacial score (nSPS) is 34.3. The zero-order chi connectivity index (χ0) is 26.9. The topological polar surface area (TPSA) is 125 Å². The number of likely N-dealkylation sites (tertiary alicyclic amines) is 1. The predicted octanol–water partition coefficient (Wildman–Crippen LogP) is 0.556. The number of aliphatic hydroxyl groups excluding tert-OH is 1. The minimum atomic E-state index is -1.40. The van der Waals surface area contributed by atoms with Crippen LogP contribution in [0.15, 0.2) is 54.6 Å². The molecule has 10 heteroatoms. The monoisotopic (exact) mass is 523 g/mol. The quantitative estimate of drug-likeness (QED) is 0.436. The number of esters is 1. The number of hydrogen-bond donors (Lipinski definition) is 2. The zero-order valence-electron chi connectivity index (χ0n) is 21.3. The highest BCUT2D eigenvalue weighted by atomic mass is 16.6. The Labute approximate surface area is 221 Å². The van der Waals surface area contributed by atoms with Gasteiger partial charge in [-0.15, -0.1) is 0 Å². The van der Waals surface area contributed by atoms with E-state index in [4.69, 9.17) is 9.47 Å². The van der Waals surface area contributed by atoms with E-state index in [2.05, 4.69) is 5.32 Å². The van der Waals surface area contributed by atoms with Crippen LogP contribution in [0.1, 0.15) is 25.3 Å². The lowest BCUT2D eigenvalue weighted by Crippen LogP contribution is -2.55. The number of cyclic esters (lactones) is 1. The molecule has 0 unspecified atom stereocenters. The van der Waals surface area contributed by atoms with E-state index in [1.807, 2.05) is 36.4 Å². The van der Waals surface area contributed by atoms with Crippen LogP contribution < -0.4 is 5.32 Å². The van der Waals surface area contributed by atoms with Gasteiger partial charge in [0.05, 0.1) is 25.2 Å². The van der Waals surface area contributed by atoms with Crippen LogP contribution in [-0.2, 0) is 35.2 Å². The fourth-order valence-corrected chi connectivity index (χ4v) is 6.00. The summed E-state index contributed by atoms with van der Waals surface area (Å²) in [5.41, 5.74) is -0.456. The third-order valence-corrected chi connectivity index (χ3v) is 7.67. The van der Waals surface area contributed by atoms with Gasteiger partial charge in [-0.3, -0.25) is 19.2 Å². The van der Waals surface area contributed by atoms with Gasteiger partial charge < -0.3 is 29.7 Å². The van der Waals surface area contributed by atoms with Crippen LogP contribution in [-0.4, -0.2) is 88.7 Å². The lowest BCUT2D eigenvalue weighted by Gasteiger charge is -2.35. The maximum Gasteiger partial charge on any atom is 0.313 e. The average Bonchev–Trinajstić information content (AvgIpc) is 3.28. The number of fused-ring (bicyclic) bond motifs is 2. The van der Waals surface area contributed by atoms with Crippen molar-refractivity contribution in [3.05, 3.63) is 60.2 Å². The number of hydrogen-bond acceptors (Lipinski definition) is 7. The summed E-state index contributed by atoms with van der Waals surface area (Å²) in [4.78, 5) is 56.5. The van der Waals surface area contributed by atoms with E-state index < -0.39 is 47.6 Å². The number of aliphatic hydroxyl groups is 1. The highest BCUT2D eigenvalue weighted by Crippen LogP contribution is 2.53. The Morgan fingerprint density at radius 3 is 2.66 bits per heavy atom. The van der Waals surface area contributed by atoms with Crippen molar-refractivity contribution in [3.8, 4) is 0 Å². The van der Waals surface area contributed by atoms with Gasteiger partial charge in [0.15, 0.2) is 0 Å². The number of nitrogens with zero attached hydrogens (tertiary/aromatic N) is 2. The lowest BCUT2D eigenvalue weighted by molar-refractivity contribution is -0.159. The molecule has 0 bridgehead atoms. The largest absolute Gasteiger partial charge is 0.460 e. The molecule has 5 rings (SSSR count). The summed E-state index contributed by atoms with van der Waals surface area (Å²) in [6.07, 6.45) is 6.31. The second-order valence-corrected chi connectivity index (χ2v) is 10.2. The van der Waals surface area contributed by atoms with E-state index in [1.165, 1.54) is 4.90 Å². The van der Waals surface area contributed by atoms with Gasteiger partial charge in [0.2, 0.25) is 17.7 Å². The predicted molar refractivity (Wildman–Crippen MR) is 135 cm³/mol. The molecule has 3 amide bonds. The molecular formula is C28H33N3O7. The zero-order valence-corrected chi connectivity index (χ0v) is 21.3. The van der Waals surface area contributed by atoms with E-state index in [0.717, 1.165) is 5.56 Å². The summed E-state index contributed by atoms with van der Waals surface area (Å²) in [5, 5.41) is 12.5. The molecule has 4 aliphatic heterocycles. The van der Waals surface area contributed by atoms with Gasteiger partial charge in [-0.1, -0.05) is 54.6 Å². The van der Waals surface area contributed by atoms with Crippen molar-refractivity contribution in [3.63, 3.8) is 0 Å². The summed E-state index contributed by atoms with van der Waals surface area (Å²) >= 11 is 0. The third kappa shape index (κ3) is 4.63. The van der Waals surface area contributed by atoms with Crippen LogP contribution in [0.25, 0.3) is 0 Å². The van der Waals surface area contributed by atoms with Crippen LogP contribution in [0.3, 0.4) is 0 Å². The fraction of sp³-hybridized carbons (Fsp3) is 0.500. The van der Waals surface area contributed by atoms with E-state index in [0.29, 0.717) is 19.5 Å². The Balaban J connectivity index is 1.53. The maximum absolute atomic E-state index is 14.1. The molecule has 0 aromatic heterocycles. The van der Waals surface area contributed by atoms with Gasteiger partial charge >= 0.3 is 5.97 Å². The van der Waals surface area contributed by atoms with E-state index in [1.54, 1.807) is 30.1 Å². The van der Waals surface area contributed by atoms with Crippen LogP contribution in [0.5, 0.6) is 0 Å². The number of β-amino-alcohol motifs (C(OH)–C–C–N with tert-alkyl or cyclic N) is 1. The first-order valence-corrected chi connectivity index (χ1v) is 13.1. The molecule has 0 aliphatic carbocycles. The van der Waals surface area contributed by atoms with Crippen molar-refractivity contribution in [1.29, 1.82) is 0 Å². The van der Waals surface area contributed by atoms with Crippen molar-refractivity contribution in [2.24, 2.45) is 11.8 Å². The first kappa shape index (κ1) is 26.1. The van der Waals surface area contributed by atoms with Crippen molar-refractivity contribution >= 4 is 23.7 Å². The first-order valence-electron chi connectivity index (χ1n) is 13.1. The number of allylic oxidation sites excluding steroid dienone is 1. The molecule has 6 atom stereocenters. The van der Waals surface area contributed by atoms with Gasteiger partial charge in [-0.05, 0) is 18.9 Å². The maximum atomic E-state index is 14.1. The van der Waals surface area contributed by atoms with Crippen LogP contribution in [0.4, 0.5) is 0 Å². The Bertz CT molecular complexity index is 1150. The van der Waals surface area contributed by atoms with Crippen molar-refractivity contribution in [2.45, 2.75) is 50.2 Å². The highest BCUT2D eigenvalue weighted by Gasteiger charge is 2.71. The lowest BCUT2D eigenvalue weighted by atomic mass is 9.78. The molecule has 1 spiro atoms. The molecule has 1 aromatic rings. The van der Waals surface area contributed by atoms with Crippen LogP contribution in [0.2, 0.25) is 0 Å². The molecular weight excluding hydrogens is 490 g/mol. The molecule has 10 nitrogen and oxygen atoms in total. The van der Waals surface area contributed by atoms with Gasteiger partial charge in [0.25, 0.3) is 0 Å². The Kier molecular flexibility index (Phi) is 7.36. The number of ether oxygens (including phenoxy) is 2. The molecule has 2 saturated heterocycles. The van der Waals surface area contributed by atoms with E-state index in [-0.39, 0.29) is 37.9 Å². The van der Waals surface area contributed by atoms with Crippen molar-refractivity contribution < 1.29 is 33.8 Å². The number of carbonyl (C=O) groups is 4. The number of carbonyl (C=O) groups excluding carboxylic acids is 4. The van der Waals surface area contributed by atoms with E-state index in [9.17, 15) is 24.3 Å². The van der Waals surface area contributed by atoms with Crippen molar-refractivity contribution in [2.75, 3.05) is 26.2 Å². The summed E-state index contributed by atoms with van der Waals surface area (Å²) in [6.45, 7) is 2.08. The molecule has 38 heavy (non-hydrogen) atoms. The van der Waals surface area contributed by atoms with Gasteiger partial charge in [-0.25, -0.2) is 0 Å². The number of benzene rings is 1. The molecule has 0 radical (unpaired) electrons. The number of rotatable bonds is 4. The summed E-state index contributed by atoms with van der Waals surface area (Å²) in [5.74, 6) is -3.48. The number of nitrogens with one attached hydrogen (secondary N) is 1. The summed E-state index contributed by atoms with van der Waals surface area (Å²) in [7, 11) is 0.